The zero-order valence-electron chi connectivity index (χ0n) is 9.56. The van der Waals surface area contributed by atoms with E-state index in [-0.39, 0.29) is 11.9 Å². The van der Waals surface area contributed by atoms with E-state index in [0.29, 0.717) is 6.54 Å². The van der Waals surface area contributed by atoms with E-state index in [9.17, 15) is 0 Å². The number of benzene rings is 1. The summed E-state index contributed by atoms with van der Waals surface area (Å²) >= 11 is 1.76. The van der Waals surface area contributed by atoms with Gasteiger partial charge in [-0.2, -0.15) is 11.8 Å². The van der Waals surface area contributed by atoms with Crippen molar-refractivity contribution in [3.8, 4) is 5.75 Å². The Morgan fingerprint density at radius 2 is 2.19 bits per heavy atom. The molecule has 3 N–H and O–H groups in total. The van der Waals surface area contributed by atoms with Crippen LogP contribution in [0, 0.1) is 0 Å². The maximum absolute atomic E-state index is 8.75. The van der Waals surface area contributed by atoms with Gasteiger partial charge in [-0.1, -0.05) is 18.2 Å². The molecule has 0 radical (unpaired) electrons. The Morgan fingerprint density at radius 3 is 2.81 bits per heavy atom. The van der Waals surface area contributed by atoms with Gasteiger partial charge in [-0.25, -0.2) is 0 Å². The van der Waals surface area contributed by atoms with Crippen LogP contribution < -0.4 is 10.5 Å². The Bertz CT molecular complexity index is 307. The van der Waals surface area contributed by atoms with E-state index in [2.05, 4.69) is 0 Å². The molecule has 0 saturated carbocycles. The van der Waals surface area contributed by atoms with Crippen molar-refractivity contribution < 1.29 is 9.84 Å². The predicted molar refractivity (Wildman–Crippen MR) is 69.0 cm³/mol. The van der Waals surface area contributed by atoms with E-state index >= 15 is 0 Å². The summed E-state index contributed by atoms with van der Waals surface area (Å²) in [4.78, 5) is 0. The second-order valence-electron chi connectivity index (χ2n) is 3.41. The molecule has 0 amide bonds. The van der Waals surface area contributed by atoms with Crippen molar-refractivity contribution in [1.29, 1.82) is 0 Å². The van der Waals surface area contributed by atoms with Crippen molar-refractivity contribution in [3.05, 3.63) is 29.8 Å². The van der Waals surface area contributed by atoms with E-state index in [1.54, 1.807) is 18.9 Å². The zero-order chi connectivity index (χ0) is 11.8. The largest absolute Gasteiger partial charge is 0.496 e. The molecule has 1 aromatic rings. The minimum atomic E-state index is 0.232. The standard InChI is InChI=1S/C12H19NO2S/c1-15-11-6-3-2-5-10(11)12(9-13)16-8-4-7-14/h2-3,5-6,12,14H,4,7-9,13H2,1H3. The molecule has 0 bridgehead atoms. The second kappa shape index (κ2) is 7.54. The molecule has 4 heteroatoms. The summed E-state index contributed by atoms with van der Waals surface area (Å²) in [5.41, 5.74) is 6.91. The van der Waals surface area contributed by atoms with Crippen molar-refractivity contribution in [2.75, 3.05) is 26.0 Å². The SMILES string of the molecule is COc1ccccc1C(CN)SCCCO. The topological polar surface area (TPSA) is 55.5 Å². The molecule has 0 heterocycles. The highest BCUT2D eigenvalue weighted by molar-refractivity contribution is 7.99. The Hall–Kier alpha value is -0.710. The lowest BCUT2D eigenvalue weighted by molar-refractivity contribution is 0.296. The maximum Gasteiger partial charge on any atom is 0.123 e. The number of methoxy groups -OCH3 is 1. The first-order valence-corrected chi connectivity index (χ1v) is 6.43. The van der Waals surface area contributed by atoms with Crippen LogP contribution in [-0.2, 0) is 0 Å². The number of nitrogens with two attached hydrogens (primary N) is 1. The third-order valence-electron chi connectivity index (χ3n) is 2.32. The molecule has 0 spiro atoms. The summed E-state index contributed by atoms with van der Waals surface area (Å²) in [6.45, 7) is 0.812. The molecule has 0 fully saturated rings. The lowest BCUT2D eigenvalue weighted by Crippen LogP contribution is -2.11. The van der Waals surface area contributed by atoms with E-state index in [0.717, 1.165) is 23.5 Å². The fraction of sp³-hybridized carbons (Fsp3) is 0.500. The number of aliphatic hydroxyl groups excluding tert-OH is 1. The molecule has 0 aromatic heterocycles. The number of hydrogen-bond donors (Lipinski definition) is 2. The van der Waals surface area contributed by atoms with Crippen LogP contribution in [-0.4, -0.2) is 31.1 Å². The van der Waals surface area contributed by atoms with E-state index in [1.165, 1.54) is 0 Å². The lowest BCUT2D eigenvalue weighted by atomic mass is 10.1. The molecule has 1 unspecified atom stereocenters. The molecular weight excluding hydrogens is 222 g/mol. The van der Waals surface area contributed by atoms with Gasteiger partial charge in [0.05, 0.1) is 7.11 Å². The van der Waals surface area contributed by atoms with Gasteiger partial charge in [0.2, 0.25) is 0 Å². The fourth-order valence-electron chi connectivity index (χ4n) is 1.51. The zero-order valence-corrected chi connectivity index (χ0v) is 10.4. The van der Waals surface area contributed by atoms with Gasteiger partial charge in [-0.05, 0) is 18.2 Å². The van der Waals surface area contributed by atoms with Gasteiger partial charge in [0.25, 0.3) is 0 Å². The first kappa shape index (κ1) is 13.4. The Labute approximate surface area is 101 Å². The van der Waals surface area contributed by atoms with E-state index in [1.807, 2.05) is 24.3 Å². The number of hydrogen-bond acceptors (Lipinski definition) is 4. The summed E-state index contributed by atoms with van der Waals surface area (Å²) in [5, 5.41) is 8.99. The third kappa shape index (κ3) is 3.70. The molecular formula is C12H19NO2S. The second-order valence-corrected chi connectivity index (χ2v) is 4.72. The molecule has 0 saturated heterocycles. The van der Waals surface area contributed by atoms with Gasteiger partial charge in [0.1, 0.15) is 5.75 Å². The normalized spacial score (nSPS) is 12.4. The van der Waals surface area contributed by atoms with Gasteiger partial charge in [-0.15, -0.1) is 0 Å². The number of ether oxygens (including phenoxy) is 1. The number of para-hydroxylation sites is 1. The molecule has 0 aliphatic rings. The minimum Gasteiger partial charge on any atom is -0.496 e. The third-order valence-corrected chi connectivity index (χ3v) is 3.69. The van der Waals surface area contributed by atoms with Gasteiger partial charge >= 0.3 is 0 Å². The molecule has 1 atom stereocenters. The van der Waals surface area contributed by atoms with E-state index in [4.69, 9.17) is 15.6 Å². The van der Waals surface area contributed by atoms with Crippen molar-refractivity contribution >= 4 is 11.8 Å². The van der Waals surface area contributed by atoms with Crippen LogP contribution in [0.1, 0.15) is 17.2 Å². The molecule has 1 rings (SSSR count). The number of aliphatic hydroxyl groups is 1. The van der Waals surface area contributed by atoms with Crippen molar-refractivity contribution in [3.63, 3.8) is 0 Å². The van der Waals surface area contributed by atoms with Crippen LogP contribution >= 0.6 is 11.8 Å². The van der Waals surface area contributed by atoms with Gasteiger partial charge < -0.3 is 15.6 Å². The van der Waals surface area contributed by atoms with Gasteiger partial charge in [0, 0.05) is 24.0 Å². The highest BCUT2D eigenvalue weighted by Crippen LogP contribution is 2.34. The summed E-state index contributed by atoms with van der Waals surface area (Å²) in [6.07, 6.45) is 0.802. The number of thioether (sulfide) groups is 1. The lowest BCUT2D eigenvalue weighted by Gasteiger charge is -2.17. The van der Waals surface area contributed by atoms with Crippen LogP contribution in [0.4, 0.5) is 0 Å². The Balaban J connectivity index is 2.69. The van der Waals surface area contributed by atoms with Crippen LogP contribution in [0.3, 0.4) is 0 Å². The summed E-state index contributed by atoms with van der Waals surface area (Å²) in [5.74, 6) is 1.80. The highest BCUT2D eigenvalue weighted by atomic mass is 32.2. The average Bonchev–Trinajstić information content (AvgIpc) is 2.35. The summed E-state index contributed by atoms with van der Waals surface area (Å²) in [6, 6.07) is 7.94. The maximum atomic E-state index is 8.75. The molecule has 16 heavy (non-hydrogen) atoms. The summed E-state index contributed by atoms with van der Waals surface area (Å²) in [7, 11) is 1.67. The first-order chi connectivity index (χ1) is 7.83. The average molecular weight is 241 g/mol. The predicted octanol–water partition coefficient (Wildman–Crippen LogP) is 1.81. The van der Waals surface area contributed by atoms with Crippen molar-refractivity contribution in [2.24, 2.45) is 5.73 Å². The first-order valence-electron chi connectivity index (χ1n) is 5.39. The van der Waals surface area contributed by atoms with Gasteiger partial charge in [-0.3, -0.25) is 0 Å². The van der Waals surface area contributed by atoms with Gasteiger partial charge in [0.15, 0.2) is 0 Å². The molecule has 0 aliphatic carbocycles. The minimum absolute atomic E-state index is 0.232. The molecule has 1 aromatic carbocycles. The molecule has 0 aliphatic heterocycles. The van der Waals surface area contributed by atoms with Crippen LogP contribution in [0.5, 0.6) is 5.75 Å². The quantitative estimate of drug-likeness (QED) is 0.715. The van der Waals surface area contributed by atoms with Crippen molar-refractivity contribution in [2.45, 2.75) is 11.7 Å². The summed E-state index contributed by atoms with van der Waals surface area (Å²) < 4.78 is 5.32. The highest BCUT2D eigenvalue weighted by Gasteiger charge is 2.14. The molecule has 3 nitrogen and oxygen atoms in total. The van der Waals surface area contributed by atoms with Crippen LogP contribution in [0.2, 0.25) is 0 Å². The molecule has 90 valence electrons. The number of rotatable bonds is 7. The monoisotopic (exact) mass is 241 g/mol. The fourth-order valence-corrected chi connectivity index (χ4v) is 2.60. The Morgan fingerprint density at radius 1 is 1.44 bits per heavy atom. The van der Waals surface area contributed by atoms with Crippen molar-refractivity contribution in [1.82, 2.24) is 0 Å². The van der Waals surface area contributed by atoms with E-state index < -0.39 is 0 Å². The van der Waals surface area contributed by atoms with Crippen LogP contribution in [0.25, 0.3) is 0 Å². The van der Waals surface area contributed by atoms with Crippen LogP contribution in [0.15, 0.2) is 24.3 Å². The smallest absolute Gasteiger partial charge is 0.123 e. The Kier molecular flexibility index (Phi) is 6.30.